The molecule has 1 fully saturated rings. The van der Waals surface area contributed by atoms with Gasteiger partial charge in [-0.25, -0.2) is 0 Å². The second-order valence-corrected chi connectivity index (χ2v) is 6.79. The van der Waals surface area contributed by atoms with E-state index in [4.69, 9.17) is 17.3 Å². The van der Waals surface area contributed by atoms with Gasteiger partial charge in [0.25, 0.3) is 0 Å². The number of nitrogens with one attached hydrogen (secondary N) is 1. The fraction of sp³-hybridized carbons (Fsp3) is 0.600. The van der Waals surface area contributed by atoms with E-state index in [-0.39, 0.29) is 5.54 Å². The summed E-state index contributed by atoms with van der Waals surface area (Å²) >= 11 is 9.53. The first kappa shape index (κ1) is 16.1. The van der Waals surface area contributed by atoms with Crippen molar-refractivity contribution in [3.05, 3.63) is 27.7 Å². The summed E-state index contributed by atoms with van der Waals surface area (Å²) in [5, 5.41) is 4.39. The summed E-state index contributed by atoms with van der Waals surface area (Å²) in [6.45, 7) is 6.27. The Hall–Kier alpha value is -0.290. The number of hydrogen-bond donors (Lipinski definition) is 2. The van der Waals surface area contributed by atoms with E-state index < -0.39 is 0 Å². The van der Waals surface area contributed by atoms with Crippen molar-refractivity contribution in [3.63, 3.8) is 0 Å². The molecule has 1 unspecified atom stereocenters. The van der Waals surface area contributed by atoms with Crippen molar-refractivity contribution in [2.24, 2.45) is 5.73 Å². The maximum atomic E-state index is 6.09. The lowest BCUT2D eigenvalue weighted by Crippen LogP contribution is -2.46. The average molecular weight is 361 g/mol. The molecule has 0 radical (unpaired) electrons. The van der Waals surface area contributed by atoms with Crippen LogP contribution < -0.4 is 11.1 Å². The van der Waals surface area contributed by atoms with Crippen molar-refractivity contribution in [2.45, 2.75) is 31.7 Å². The van der Waals surface area contributed by atoms with E-state index in [1.54, 1.807) is 0 Å². The normalized spacial score (nSPS) is 24.4. The predicted molar refractivity (Wildman–Crippen MR) is 90.5 cm³/mol. The number of likely N-dealkylation sites (tertiary alicyclic amines) is 1. The smallest absolute Gasteiger partial charge is 0.0549 e. The van der Waals surface area contributed by atoms with E-state index in [1.165, 1.54) is 13.0 Å². The maximum Gasteiger partial charge on any atom is 0.0549 e. The number of benzene rings is 1. The van der Waals surface area contributed by atoms with Crippen LogP contribution >= 0.6 is 27.5 Å². The highest BCUT2D eigenvalue weighted by molar-refractivity contribution is 9.10. The van der Waals surface area contributed by atoms with Gasteiger partial charge in [0.2, 0.25) is 0 Å². The Bertz CT molecular complexity index is 455. The Labute approximate surface area is 135 Å². The van der Waals surface area contributed by atoms with Crippen LogP contribution in [0.3, 0.4) is 0 Å². The molecule has 1 saturated heterocycles. The molecule has 20 heavy (non-hydrogen) atoms. The van der Waals surface area contributed by atoms with Crippen molar-refractivity contribution in [3.8, 4) is 0 Å². The zero-order valence-corrected chi connectivity index (χ0v) is 14.3. The van der Waals surface area contributed by atoms with Gasteiger partial charge in [0, 0.05) is 23.2 Å². The topological polar surface area (TPSA) is 41.3 Å². The second kappa shape index (κ2) is 7.12. The first-order valence-corrected chi connectivity index (χ1v) is 8.41. The van der Waals surface area contributed by atoms with E-state index in [2.05, 4.69) is 33.1 Å². The number of halogens is 2. The Morgan fingerprint density at radius 1 is 1.40 bits per heavy atom. The van der Waals surface area contributed by atoms with Crippen molar-refractivity contribution in [2.75, 3.05) is 31.5 Å². The molecule has 0 spiro atoms. The molecule has 2 rings (SSSR count). The SMILES string of the molecule is CCN1CCCC(CN)(Nc2ccc(Cl)c(Br)c2)CC1. The zero-order chi connectivity index (χ0) is 14.6. The third-order valence-electron chi connectivity index (χ3n) is 4.20. The lowest BCUT2D eigenvalue weighted by atomic mass is 9.90. The van der Waals surface area contributed by atoms with Gasteiger partial charge in [0.05, 0.1) is 10.6 Å². The van der Waals surface area contributed by atoms with Gasteiger partial charge in [-0.1, -0.05) is 18.5 Å². The lowest BCUT2D eigenvalue weighted by Gasteiger charge is -2.34. The van der Waals surface area contributed by atoms with E-state index in [9.17, 15) is 0 Å². The Kier molecular flexibility index (Phi) is 5.73. The minimum atomic E-state index is -0.00279. The van der Waals surface area contributed by atoms with E-state index in [0.29, 0.717) is 6.54 Å². The second-order valence-electron chi connectivity index (χ2n) is 5.53. The molecule has 0 bridgehead atoms. The van der Waals surface area contributed by atoms with Crippen LogP contribution in [-0.4, -0.2) is 36.6 Å². The van der Waals surface area contributed by atoms with E-state index >= 15 is 0 Å². The quantitative estimate of drug-likeness (QED) is 0.860. The molecular weight excluding hydrogens is 338 g/mol. The fourth-order valence-corrected chi connectivity index (χ4v) is 3.32. The fourth-order valence-electron chi connectivity index (χ4n) is 2.83. The minimum absolute atomic E-state index is 0.00279. The molecule has 112 valence electrons. The summed E-state index contributed by atoms with van der Waals surface area (Å²) in [4.78, 5) is 2.50. The lowest BCUT2D eigenvalue weighted by molar-refractivity contribution is 0.293. The first-order valence-electron chi connectivity index (χ1n) is 7.24. The summed E-state index contributed by atoms with van der Waals surface area (Å²) in [5.74, 6) is 0. The third kappa shape index (κ3) is 3.88. The number of nitrogens with zero attached hydrogens (tertiary/aromatic N) is 1. The van der Waals surface area contributed by atoms with Crippen molar-refractivity contribution >= 4 is 33.2 Å². The van der Waals surface area contributed by atoms with Gasteiger partial charge in [0.1, 0.15) is 0 Å². The molecule has 3 N–H and O–H groups in total. The molecule has 1 heterocycles. The molecule has 0 amide bonds. The predicted octanol–water partition coefficient (Wildman–Crippen LogP) is 3.72. The Morgan fingerprint density at radius 3 is 2.85 bits per heavy atom. The molecule has 1 aliphatic heterocycles. The van der Waals surface area contributed by atoms with Gasteiger partial charge in [-0.05, 0) is 66.5 Å². The van der Waals surface area contributed by atoms with Gasteiger partial charge < -0.3 is 16.0 Å². The van der Waals surface area contributed by atoms with E-state index in [1.807, 2.05) is 18.2 Å². The maximum absolute atomic E-state index is 6.09. The van der Waals surface area contributed by atoms with Crippen LogP contribution in [0, 0.1) is 0 Å². The highest BCUT2D eigenvalue weighted by Crippen LogP contribution is 2.30. The number of hydrogen-bond acceptors (Lipinski definition) is 3. The highest BCUT2D eigenvalue weighted by atomic mass is 79.9. The van der Waals surface area contributed by atoms with Crippen LogP contribution in [0.2, 0.25) is 5.02 Å². The van der Waals surface area contributed by atoms with Gasteiger partial charge in [0.15, 0.2) is 0 Å². The minimum Gasteiger partial charge on any atom is -0.378 e. The first-order chi connectivity index (χ1) is 9.58. The Balaban J connectivity index is 2.12. The van der Waals surface area contributed by atoms with Crippen LogP contribution in [-0.2, 0) is 0 Å². The van der Waals surface area contributed by atoms with Crippen LogP contribution in [0.1, 0.15) is 26.2 Å². The zero-order valence-electron chi connectivity index (χ0n) is 12.0. The molecule has 1 aliphatic rings. The van der Waals surface area contributed by atoms with Gasteiger partial charge in [-0.15, -0.1) is 0 Å². The molecule has 1 aromatic carbocycles. The highest BCUT2D eigenvalue weighted by Gasteiger charge is 2.31. The molecule has 5 heteroatoms. The average Bonchev–Trinajstić information content (AvgIpc) is 2.66. The number of anilines is 1. The standard InChI is InChI=1S/C15H23BrClN3/c1-2-20-8-3-6-15(11-18,7-9-20)19-12-4-5-14(17)13(16)10-12/h4-5,10,19H,2-3,6-9,11,18H2,1H3. The molecule has 0 aliphatic carbocycles. The summed E-state index contributed by atoms with van der Waals surface area (Å²) in [6.07, 6.45) is 3.38. The molecular formula is C15H23BrClN3. The van der Waals surface area contributed by atoms with Gasteiger partial charge in [-0.3, -0.25) is 0 Å². The van der Waals surface area contributed by atoms with Crippen LogP contribution in [0.15, 0.2) is 22.7 Å². The van der Waals surface area contributed by atoms with Crippen LogP contribution in [0.4, 0.5) is 5.69 Å². The summed E-state index contributed by atoms with van der Waals surface area (Å²) in [5.41, 5.74) is 7.17. The monoisotopic (exact) mass is 359 g/mol. The molecule has 1 atom stereocenters. The Morgan fingerprint density at radius 2 is 2.20 bits per heavy atom. The summed E-state index contributed by atoms with van der Waals surface area (Å²) in [6, 6.07) is 5.96. The van der Waals surface area contributed by atoms with Crippen molar-refractivity contribution < 1.29 is 0 Å². The summed E-state index contributed by atoms with van der Waals surface area (Å²) in [7, 11) is 0. The van der Waals surface area contributed by atoms with Gasteiger partial charge in [-0.2, -0.15) is 0 Å². The molecule has 0 aromatic heterocycles. The molecule has 3 nitrogen and oxygen atoms in total. The largest absolute Gasteiger partial charge is 0.378 e. The van der Waals surface area contributed by atoms with Crippen LogP contribution in [0.5, 0.6) is 0 Å². The van der Waals surface area contributed by atoms with Gasteiger partial charge >= 0.3 is 0 Å². The van der Waals surface area contributed by atoms with Crippen LogP contribution in [0.25, 0.3) is 0 Å². The number of nitrogens with two attached hydrogens (primary N) is 1. The third-order valence-corrected chi connectivity index (χ3v) is 5.42. The van der Waals surface area contributed by atoms with Crippen molar-refractivity contribution in [1.29, 1.82) is 0 Å². The number of rotatable bonds is 4. The molecule has 0 saturated carbocycles. The molecule has 1 aromatic rings. The summed E-state index contributed by atoms with van der Waals surface area (Å²) < 4.78 is 0.917. The van der Waals surface area contributed by atoms with Crippen molar-refractivity contribution in [1.82, 2.24) is 4.90 Å². The van der Waals surface area contributed by atoms with E-state index in [0.717, 1.165) is 41.1 Å².